The van der Waals surface area contributed by atoms with E-state index in [2.05, 4.69) is 5.16 Å². The summed E-state index contributed by atoms with van der Waals surface area (Å²) >= 11 is 0. The standard InChI is InChI=1S/C8H13NO3/c10-8(11)7-3-1-2-6(4-7)5-9-12/h5-7,12H,1-4H2,(H,10,11)/b9-5+/t6?,7-/m0/s1. The van der Waals surface area contributed by atoms with Gasteiger partial charge in [0.1, 0.15) is 0 Å². The van der Waals surface area contributed by atoms with Gasteiger partial charge in [-0.2, -0.15) is 0 Å². The van der Waals surface area contributed by atoms with E-state index >= 15 is 0 Å². The van der Waals surface area contributed by atoms with E-state index in [9.17, 15) is 4.79 Å². The molecule has 1 unspecified atom stereocenters. The lowest BCUT2D eigenvalue weighted by Gasteiger charge is -2.22. The highest BCUT2D eigenvalue weighted by molar-refractivity contribution is 5.71. The smallest absolute Gasteiger partial charge is 0.306 e. The van der Waals surface area contributed by atoms with Gasteiger partial charge in [0, 0.05) is 6.21 Å². The molecule has 0 bridgehead atoms. The van der Waals surface area contributed by atoms with Crippen LogP contribution in [0.3, 0.4) is 0 Å². The lowest BCUT2D eigenvalue weighted by atomic mass is 9.82. The summed E-state index contributed by atoms with van der Waals surface area (Å²) in [6, 6.07) is 0. The van der Waals surface area contributed by atoms with E-state index < -0.39 is 5.97 Å². The minimum absolute atomic E-state index is 0.143. The van der Waals surface area contributed by atoms with E-state index in [0.29, 0.717) is 6.42 Å². The van der Waals surface area contributed by atoms with Gasteiger partial charge >= 0.3 is 5.97 Å². The summed E-state index contributed by atoms with van der Waals surface area (Å²) in [4.78, 5) is 10.6. The number of hydrogen-bond acceptors (Lipinski definition) is 3. The maximum Gasteiger partial charge on any atom is 0.306 e. The van der Waals surface area contributed by atoms with Gasteiger partial charge in [-0.1, -0.05) is 6.42 Å². The van der Waals surface area contributed by atoms with Crippen LogP contribution in [0, 0.1) is 11.8 Å². The Labute approximate surface area is 70.9 Å². The number of nitrogens with zero attached hydrogens (tertiary/aromatic N) is 1. The first-order valence-electron chi connectivity index (χ1n) is 4.14. The number of aliphatic carboxylic acids is 1. The fourth-order valence-corrected chi connectivity index (χ4v) is 1.68. The molecule has 0 amide bonds. The zero-order valence-electron chi connectivity index (χ0n) is 6.81. The van der Waals surface area contributed by atoms with E-state index in [1.54, 1.807) is 0 Å². The lowest BCUT2D eigenvalue weighted by molar-refractivity contribution is -0.143. The van der Waals surface area contributed by atoms with Gasteiger partial charge in [0.05, 0.1) is 5.92 Å². The molecule has 0 aliphatic heterocycles. The Morgan fingerprint density at radius 3 is 2.83 bits per heavy atom. The van der Waals surface area contributed by atoms with Crippen molar-refractivity contribution in [3.8, 4) is 0 Å². The normalized spacial score (nSPS) is 30.7. The molecule has 1 aliphatic rings. The number of carboxylic acid groups (broad SMARTS) is 1. The van der Waals surface area contributed by atoms with Crippen LogP contribution in [0.4, 0.5) is 0 Å². The molecule has 2 N–H and O–H groups in total. The zero-order valence-corrected chi connectivity index (χ0v) is 6.81. The quantitative estimate of drug-likeness (QED) is 0.374. The molecule has 0 spiro atoms. The van der Waals surface area contributed by atoms with Gasteiger partial charge < -0.3 is 10.3 Å². The van der Waals surface area contributed by atoms with Crippen LogP contribution < -0.4 is 0 Å². The Hall–Kier alpha value is -1.06. The van der Waals surface area contributed by atoms with Gasteiger partial charge in [-0.3, -0.25) is 4.79 Å². The number of oxime groups is 1. The van der Waals surface area contributed by atoms with E-state index in [1.807, 2.05) is 0 Å². The van der Waals surface area contributed by atoms with Crippen molar-refractivity contribution in [2.24, 2.45) is 17.0 Å². The average Bonchev–Trinajstić information content (AvgIpc) is 2.05. The van der Waals surface area contributed by atoms with Gasteiger partial charge in [-0.05, 0) is 25.2 Å². The van der Waals surface area contributed by atoms with Crippen molar-refractivity contribution in [1.82, 2.24) is 0 Å². The molecule has 0 aromatic rings. The van der Waals surface area contributed by atoms with Crippen LogP contribution in [0.2, 0.25) is 0 Å². The highest BCUT2D eigenvalue weighted by Crippen LogP contribution is 2.27. The van der Waals surface area contributed by atoms with Crippen molar-refractivity contribution >= 4 is 12.2 Å². The van der Waals surface area contributed by atoms with Crippen LogP contribution >= 0.6 is 0 Å². The molecular formula is C8H13NO3. The maximum absolute atomic E-state index is 10.6. The van der Waals surface area contributed by atoms with E-state index in [0.717, 1.165) is 19.3 Å². The first-order valence-corrected chi connectivity index (χ1v) is 4.14. The maximum atomic E-state index is 10.6. The Balaban J connectivity index is 2.45. The third-order valence-electron chi connectivity index (χ3n) is 2.34. The van der Waals surface area contributed by atoms with Gasteiger partial charge in [0.15, 0.2) is 0 Å². The van der Waals surface area contributed by atoms with Crippen molar-refractivity contribution in [2.45, 2.75) is 25.7 Å². The molecule has 4 heteroatoms. The highest BCUT2D eigenvalue weighted by Gasteiger charge is 2.25. The largest absolute Gasteiger partial charge is 0.481 e. The molecule has 68 valence electrons. The highest BCUT2D eigenvalue weighted by atomic mass is 16.4. The van der Waals surface area contributed by atoms with Crippen molar-refractivity contribution in [2.75, 3.05) is 0 Å². The minimum Gasteiger partial charge on any atom is -0.481 e. The molecule has 0 aromatic carbocycles. The molecular weight excluding hydrogens is 158 g/mol. The van der Waals surface area contributed by atoms with E-state index in [-0.39, 0.29) is 11.8 Å². The van der Waals surface area contributed by atoms with Crippen LogP contribution in [0.15, 0.2) is 5.16 Å². The summed E-state index contributed by atoms with van der Waals surface area (Å²) in [5.74, 6) is -0.836. The third-order valence-corrected chi connectivity index (χ3v) is 2.34. The molecule has 0 aromatic heterocycles. The van der Waals surface area contributed by atoms with Crippen molar-refractivity contribution in [1.29, 1.82) is 0 Å². The molecule has 12 heavy (non-hydrogen) atoms. The second-order valence-electron chi connectivity index (χ2n) is 3.23. The van der Waals surface area contributed by atoms with Gasteiger partial charge in [-0.25, -0.2) is 0 Å². The lowest BCUT2D eigenvalue weighted by Crippen LogP contribution is -2.23. The summed E-state index contributed by atoms with van der Waals surface area (Å²) < 4.78 is 0. The Bertz CT molecular complexity index is 191. The number of hydrogen-bond donors (Lipinski definition) is 2. The Morgan fingerprint density at radius 1 is 1.50 bits per heavy atom. The molecule has 1 rings (SSSR count). The number of carboxylic acids is 1. The fourth-order valence-electron chi connectivity index (χ4n) is 1.68. The molecule has 4 nitrogen and oxygen atoms in total. The Morgan fingerprint density at radius 2 is 2.25 bits per heavy atom. The van der Waals surface area contributed by atoms with Crippen molar-refractivity contribution in [3.63, 3.8) is 0 Å². The topological polar surface area (TPSA) is 69.9 Å². The van der Waals surface area contributed by atoms with Gasteiger partial charge in [-0.15, -0.1) is 5.16 Å². The van der Waals surface area contributed by atoms with Gasteiger partial charge in [0.2, 0.25) is 0 Å². The first-order chi connectivity index (χ1) is 5.74. The molecule has 1 fully saturated rings. The molecule has 0 heterocycles. The zero-order chi connectivity index (χ0) is 8.97. The summed E-state index contributed by atoms with van der Waals surface area (Å²) in [6.45, 7) is 0. The monoisotopic (exact) mass is 171 g/mol. The summed E-state index contributed by atoms with van der Waals surface area (Å²) in [7, 11) is 0. The van der Waals surface area contributed by atoms with Crippen LogP contribution in [-0.4, -0.2) is 22.5 Å². The van der Waals surface area contributed by atoms with Crippen LogP contribution in [0.25, 0.3) is 0 Å². The fraction of sp³-hybridized carbons (Fsp3) is 0.750. The van der Waals surface area contributed by atoms with Crippen molar-refractivity contribution in [3.05, 3.63) is 0 Å². The predicted molar refractivity (Wildman–Crippen MR) is 43.4 cm³/mol. The second kappa shape index (κ2) is 4.09. The van der Waals surface area contributed by atoms with Crippen LogP contribution in [-0.2, 0) is 4.79 Å². The molecule has 0 radical (unpaired) electrons. The van der Waals surface area contributed by atoms with Gasteiger partial charge in [0.25, 0.3) is 0 Å². The Kier molecular flexibility index (Phi) is 3.08. The third kappa shape index (κ3) is 2.22. The molecule has 1 saturated carbocycles. The molecule has 2 atom stereocenters. The summed E-state index contributed by atoms with van der Waals surface area (Å²) in [5.41, 5.74) is 0. The van der Waals surface area contributed by atoms with E-state index in [4.69, 9.17) is 10.3 Å². The molecule has 1 aliphatic carbocycles. The van der Waals surface area contributed by atoms with E-state index in [1.165, 1.54) is 6.21 Å². The van der Waals surface area contributed by atoms with Crippen molar-refractivity contribution < 1.29 is 15.1 Å². The summed E-state index contributed by atoms with van der Waals surface area (Å²) in [5, 5.41) is 19.9. The number of carbonyl (C=O) groups is 1. The minimum atomic E-state index is -0.731. The predicted octanol–water partition coefficient (Wildman–Crippen LogP) is 1.34. The molecule has 0 saturated heterocycles. The second-order valence-corrected chi connectivity index (χ2v) is 3.23. The first kappa shape index (κ1) is 9.03. The van der Waals surface area contributed by atoms with Crippen LogP contribution in [0.5, 0.6) is 0 Å². The number of rotatable bonds is 2. The summed E-state index contributed by atoms with van der Waals surface area (Å²) in [6.07, 6.45) is 4.65. The SMILES string of the molecule is O=C(O)[C@H]1CCCC(/C=N/O)C1. The van der Waals surface area contributed by atoms with Crippen LogP contribution in [0.1, 0.15) is 25.7 Å². The average molecular weight is 171 g/mol.